The van der Waals surface area contributed by atoms with Crippen LogP contribution in [-0.2, 0) is 4.79 Å². The molecule has 3 rings (SSSR count). The summed E-state index contributed by atoms with van der Waals surface area (Å²) in [6.07, 6.45) is 0. The van der Waals surface area contributed by atoms with Gasteiger partial charge in [0.15, 0.2) is 5.13 Å². The van der Waals surface area contributed by atoms with Gasteiger partial charge in [-0.2, -0.15) is 0 Å². The van der Waals surface area contributed by atoms with E-state index in [1.54, 1.807) is 0 Å². The summed E-state index contributed by atoms with van der Waals surface area (Å²) >= 11 is 1.49. The van der Waals surface area contributed by atoms with E-state index >= 15 is 0 Å². The van der Waals surface area contributed by atoms with Crippen LogP contribution in [0, 0.1) is 0 Å². The molecule has 1 heterocycles. The van der Waals surface area contributed by atoms with Crippen LogP contribution in [0.2, 0.25) is 0 Å². The smallest absolute Gasteiger partial charge is 0.245 e. The number of amides is 1. The molecule has 5 heteroatoms. The number of likely N-dealkylation sites (N-methyl/N-ethyl adjacent to an activating group) is 1. The van der Waals surface area contributed by atoms with Crippen molar-refractivity contribution in [1.29, 1.82) is 0 Å². The number of benzene rings is 2. The van der Waals surface area contributed by atoms with Gasteiger partial charge in [0, 0.05) is 12.2 Å². The van der Waals surface area contributed by atoms with E-state index in [4.69, 9.17) is 0 Å². The van der Waals surface area contributed by atoms with Gasteiger partial charge >= 0.3 is 0 Å². The Morgan fingerprint density at radius 2 is 1.86 bits per heavy atom. The standard InChI is InChI=1S/C17H17N3OS/c1-2-20(13-8-4-3-5-9-13)12-16(21)19-17-18-14-10-6-7-11-15(14)22-17/h3-11H,2,12H2,1H3,(H,18,19,21). The molecule has 0 aliphatic carbocycles. The van der Waals surface area contributed by atoms with E-state index in [-0.39, 0.29) is 5.91 Å². The molecule has 2 aromatic carbocycles. The number of aromatic nitrogens is 1. The molecule has 0 unspecified atom stereocenters. The summed E-state index contributed by atoms with van der Waals surface area (Å²) in [6.45, 7) is 3.13. The topological polar surface area (TPSA) is 45.2 Å². The normalized spacial score (nSPS) is 10.6. The minimum atomic E-state index is -0.0511. The van der Waals surface area contributed by atoms with E-state index in [0.29, 0.717) is 11.7 Å². The van der Waals surface area contributed by atoms with Crippen LogP contribution in [0.5, 0.6) is 0 Å². The minimum absolute atomic E-state index is 0.0511. The predicted octanol–water partition coefficient (Wildman–Crippen LogP) is 3.76. The van der Waals surface area contributed by atoms with Gasteiger partial charge in [0.2, 0.25) is 5.91 Å². The number of carbonyl (C=O) groups is 1. The van der Waals surface area contributed by atoms with Crippen molar-refractivity contribution in [2.75, 3.05) is 23.3 Å². The Bertz CT molecular complexity index is 737. The summed E-state index contributed by atoms with van der Waals surface area (Å²) in [7, 11) is 0. The molecule has 0 spiro atoms. The lowest BCUT2D eigenvalue weighted by atomic mass is 10.3. The molecule has 1 amide bonds. The SMILES string of the molecule is CCN(CC(=O)Nc1nc2ccccc2s1)c1ccccc1. The van der Waals surface area contributed by atoms with Crippen LogP contribution in [0.4, 0.5) is 10.8 Å². The van der Waals surface area contributed by atoms with Crippen LogP contribution in [0.3, 0.4) is 0 Å². The fourth-order valence-electron chi connectivity index (χ4n) is 2.28. The van der Waals surface area contributed by atoms with Crippen LogP contribution in [-0.4, -0.2) is 24.0 Å². The molecule has 3 aromatic rings. The highest BCUT2D eigenvalue weighted by Crippen LogP contribution is 2.25. The second-order valence-electron chi connectivity index (χ2n) is 4.88. The quantitative estimate of drug-likeness (QED) is 0.780. The molecule has 0 saturated heterocycles. The van der Waals surface area contributed by atoms with Crippen LogP contribution in [0.1, 0.15) is 6.92 Å². The molecule has 0 bridgehead atoms. The maximum absolute atomic E-state index is 12.2. The maximum Gasteiger partial charge on any atom is 0.245 e. The number of para-hydroxylation sites is 2. The summed E-state index contributed by atoms with van der Waals surface area (Å²) in [5, 5.41) is 3.54. The predicted molar refractivity (Wildman–Crippen MR) is 92.6 cm³/mol. The van der Waals surface area contributed by atoms with Gasteiger partial charge in [0.25, 0.3) is 0 Å². The summed E-state index contributed by atoms with van der Waals surface area (Å²) in [6, 6.07) is 17.8. The van der Waals surface area contributed by atoms with Crippen molar-refractivity contribution in [2.45, 2.75) is 6.92 Å². The highest BCUT2D eigenvalue weighted by molar-refractivity contribution is 7.22. The number of thiazole rings is 1. The van der Waals surface area contributed by atoms with Crippen molar-refractivity contribution < 1.29 is 4.79 Å². The maximum atomic E-state index is 12.2. The molecule has 0 atom stereocenters. The molecule has 0 aliphatic rings. The van der Waals surface area contributed by atoms with Gasteiger partial charge in [0.1, 0.15) is 0 Å². The monoisotopic (exact) mass is 311 g/mol. The first kappa shape index (κ1) is 14.5. The Morgan fingerprint density at radius 1 is 1.14 bits per heavy atom. The average molecular weight is 311 g/mol. The summed E-state index contributed by atoms with van der Waals surface area (Å²) in [4.78, 5) is 18.7. The molecule has 112 valence electrons. The summed E-state index contributed by atoms with van der Waals surface area (Å²) in [5.41, 5.74) is 1.96. The zero-order valence-electron chi connectivity index (χ0n) is 12.3. The highest BCUT2D eigenvalue weighted by atomic mass is 32.1. The molecule has 0 aliphatic heterocycles. The van der Waals surface area contributed by atoms with E-state index in [1.807, 2.05) is 66.4 Å². The molecule has 1 aromatic heterocycles. The van der Waals surface area contributed by atoms with Crippen molar-refractivity contribution in [2.24, 2.45) is 0 Å². The Morgan fingerprint density at radius 3 is 2.59 bits per heavy atom. The summed E-state index contributed by atoms with van der Waals surface area (Å²) in [5.74, 6) is -0.0511. The molecule has 22 heavy (non-hydrogen) atoms. The minimum Gasteiger partial charge on any atom is -0.362 e. The summed E-state index contributed by atoms with van der Waals surface area (Å²) < 4.78 is 1.08. The first-order chi connectivity index (χ1) is 10.8. The zero-order chi connectivity index (χ0) is 15.4. The second-order valence-corrected chi connectivity index (χ2v) is 5.92. The average Bonchev–Trinajstić information content (AvgIpc) is 2.95. The number of anilines is 2. The third kappa shape index (κ3) is 3.26. The fraction of sp³-hybridized carbons (Fsp3) is 0.176. The molecule has 0 saturated carbocycles. The van der Waals surface area contributed by atoms with E-state index in [1.165, 1.54) is 11.3 Å². The van der Waals surface area contributed by atoms with Crippen LogP contribution in [0.25, 0.3) is 10.2 Å². The van der Waals surface area contributed by atoms with Crippen LogP contribution in [0.15, 0.2) is 54.6 Å². The van der Waals surface area contributed by atoms with Crippen LogP contribution < -0.4 is 10.2 Å². The Hall–Kier alpha value is -2.40. The number of carbonyl (C=O) groups excluding carboxylic acids is 1. The van der Waals surface area contributed by atoms with Gasteiger partial charge in [-0.3, -0.25) is 4.79 Å². The Labute approximate surface area is 133 Å². The molecule has 4 nitrogen and oxygen atoms in total. The number of nitrogens with one attached hydrogen (secondary N) is 1. The number of rotatable bonds is 5. The van der Waals surface area contributed by atoms with Crippen LogP contribution >= 0.6 is 11.3 Å². The van der Waals surface area contributed by atoms with Gasteiger partial charge in [0.05, 0.1) is 16.8 Å². The molecule has 0 radical (unpaired) electrons. The fourth-order valence-corrected chi connectivity index (χ4v) is 3.16. The molecule has 0 fully saturated rings. The Balaban J connectivity index is 1.68. The first-order valence-electron chi connectivity index (χ1n) is 7.21. The van der Waals surface area contributed by atoms with Gasteiger partial charge in [-0.1, -0.05) is 41.7 Å². The van der Waals surface area contributed by atoms with E-state index in [2.05, 4.69) is 10.3 Å². The van der Waals surface area contributed by atoms with E-state index in [9.17, 15) is 4.79 Å². The molecular weight excluding hydrogens is 294 g/mol. The van der Waals surface area contributed by atoms with Crippen molar-refractivity contribution in [3.63, 3.8) is 0 Å². The third-order valence-corrected chi connectivity index (χ3v) is 4.33. The lowest BCUT2D eigenvalue weighted by molar-refractivity contribution is -0.115. The number of fused-ring (bicyclic) bond motifs is 1. The largest absolute Gasteiger partial charge is 0.362 e. The van der Waals surface area contributed by atoms with Gasteiger partial charge in [-0.25, -0.2) is 4.98 Å². The lowest BCUT2D eigenvalue weighted by Gasteiger charge is -2.21. The van der Waals surface area contributed by atoms with Gasteiger partial charge < -0.3 is 10.2 Å². The Kier molecular flexibility index (Phi) is 4.34. The molecular formula is C17H17N3OS. The number of hydrogen-bond donors (Lipinski definition) is 1. The third-order valence-electron chi connectivity index (χ3n) is 3.38. The van der Waals surface area contributed by atoms with Gasteiger partial charge in [-0.05, 0) is 31.2 Å². The van der Waals surface area contributed by atoms with E-state index in [0.717, 1.165) is 22.4 Å². The van der Waals surface area contributed by atoms with Gasteiger partial charge in [-0.15, -0.1) is 0 Å². The molecule has 1 N–H and O–H groups in total. The zero-order valence-corrected chi connectivity index (χ0v) is 13.1. The van der Waals surface area contributed by atoms with Crippen molar-refractivity contribution in [3.8, 4) is 0 Å². The second kappa shape index (κ2) is 6.58. The van der Waals surface area contributed by atoms with Crippen molar-refractivity contribution >= 4 is 38.3 Å². The highest BCUT2D eigenvalue weighted by Gasteiger charge is 2.12. The number of hydrogen-bond acceptors (Lipinski definition) is 4. The van der Waals surface area contributed by atoms with Crippen molar-refractivity contribution in [3.05, 3.63) is 54.6 Å². The first-order valence-corrected chi connectivity index (χ1v) is 8.03. The lowest BCUT2D eigenvalue weighted by Crippen LogP contribution is -2.33. The van der Waals surface area contributed by atoms with E-state index < -0.39 is 0 Å². The van der Waals surface area contributed by atoms with Crippen molar-refractivity contribution in [1.82, 2.24) is 4.98 Å². The number of nitrogens with zero attached hydrogens (tertiary/aromatic N) is 2.